The summed E-state index contributed by atoms with van der Waals surface area (Å²) in [5.41, 5.74) is -0.178. The molecule has 0 rings (SSSR count). The minimum atomic E-state index is -1.14. The topological polar surface area (TPSA) is 99.0 Å². The normalized spacial score (nSPS) is 13.7. The molecule has 0 saturated heterocycles. The average molecular weight is 174 g/mol. The highest BCUT2D eigenvalue weighted by molar-refractivity contribution is 6.38. The van der Waals surface area contributed by atoms with E-state index in [2.05, 4.69) is 10.5 Å². The minimum absolute atomic E-state index is 0.178. The standard InChI is InChI=1S/C6H10N2O4/c1-3(8-12)5(9)7-4(2)6(10)11/h4,12H,1-2H3,(H,7,9)(H,10,11). The lowest BCUT2D eigenvalue weighted by atomic mass is 10.3. The number of hydrogen-bond donors (Lipinski definition) is 3. The number of aliphatic carboxylic acids is 1. The Morgan fingerprint density at radius 3 is 2.33 bits per heavy atom. The van der Waals surface area contributed by atoms with Crippen molar-refractivity contribution in [2.45, 2.75) is 19.9 Å². The van der Waals surface area contributed by atoms with Crippen LogP contribution in [0.15, 0.2) is 5.16 Å². The van der Waals surface area contributed by atoms with Crippen molar-refractivity contribution in [3.63, 3.8) is 0 Å². The first-order valence-corrected chi connectivity index (χ1v) is 3.21. The van der Waals surface area contributed by atoms with E-state index < -0.39 is 17.9 Å². The number of carboxylic acids is 1. The second kappa shape index (κ2) is 4.32. The Morgan fingerprint density at radius 2 is 2.00 bits per heavy atom. The van der Waals surface area contributed by atoms with Crippen LogP contribution in [0.5, 0.6) is 0 Å². The summed E-state index contributed by atoms with van der Waals surface area (Å²) in [5.74, 6) is -1.85. The van der Waals surface area contributed by atoms with Gasteiger partial charge in [-0.1, -0.05) is 5.16 Å². The summed E-state index contributed by atoms with van der Waals surface area (Å²) in [4.78, 5) is 21.1. The van der Waals surface area contributed by atoms with Gasteiger partial charge in [0, 0.05) is 0 Å². The molecule has 0 heterocycles. The molecule has 0 aromatic rings. The summed E-state index contributed by atoms with van der Waals surface area (Å²) in [6.45, 7) is 2.58. The Kier molecular flexibility index (Phi) is 3.75. The fourth-order valence-electron chi connectivity index (χ4n) is 0.408. The number of hydrogen-bond acceptors (Lipinski definition) is 4. The molecule has 0 spiro atoms. The third-order valence-electron chi connectivity index (χ3n) is 1.20. The quantitative estimate of drug-likeness (QED) is 0.303. The van der Waals surface area contributed by atoms with E-state index in [0.717, 1.165) is 0 Å². The molecule has 6 heteroatoms. The molecule has 1 unspecified atom stereocenters. The molecule has 0 fully saturated rings. The van der Waals surface area contributed by atoms with E-state index in [1.165, 1.54) is 13.8 Å². The maximum atomic E-state index is 10.8. The van der Waals surface area contributed by atoms with E-state index in [1.54, 1.807) is 0 Å². The number of carboxylic acid groups (broad SMARTS) is 1. The van der Waals surface area contributed by atoms with Gasteiger partial charge in [0.2, 0.25) is 0 Å². The molecule has 3 N–H and O–H groups in total. The summed E-state index contributed by atoms with van der Waals surface area (Å²) < 4.78 is 0. The van der Waals surface area contributed by atoms with Gasteiger partial charge in [-0.25, -0.2) is 0 Å². The van der Waals surface area contributed by atoms with Gasteiger partial charge in [-0.2, -0.15) is 0 Å². The summed E-state index contributed by atoms with van der Waals surface area (Å²) in [5, 5.41) is 21.2. The van der Waals surface area contributed by atoms with Crippen molar-refractivity contribution in [1.29, 1.82) is 0 Å². The Labute approximate surface area is 68.9 Å². The van der Waals surface area contributed by atoms with Crippen LogP contribution in [-0.2, 0) is 9.59 Å². The van der Waals surface area contributed by atoms with Crippen molar-refractivity contribution < 1.29 is 19.9 Å². The fourth-order valence-corrected chi connectivity index (χ4v) is 0.408. The predicted molar refractivity (Wildman–Crippen MR) is 40.1 cm³/mol. The fraction of sp³-hybridized carbons (Fsp3) is 0.500. The minimum Gasteiger partial charge on any atom is -0.480 e. The Bertz CT molecular complexity index is 224. The second-order valence-corrected chi connectivity index (χ2v) is 2.22. The lowest BCUT2D eigenvalue weighted by molar-refractivity contribution is -0.140. The maximum Gasteiger partial charge on any atom is 0.325 e. The zero-order chi connectivity index (χ0) is 9.72. The highest BCUT2D eigenvalue weighted by Gasteiger charge is 2.15. The lowest BCUT2D eigenvalue weighted by Gasteiger charge is -2.07. The molecule has 0 saturated carbocycles. The molecule has 0 aromatic heterocycles. The zero-order valence-electron chi connectivity index (χ0n) is 6.74. The van der Waals surface area contributed by atoms with Crippen LogP contribution in [0.3, 0.4) is 0 Å². The van der Waals surface area contributed by atoms with Gasteiger partial charge in [-0.3, -0.25) is 9.59 Å². The van der Waals surface area contributed by atoms with Crippen molar-refractivity contribution in [3.05, 3.63) is 0 Å². The molecule has 12 heavy (non-hydrogen) atoms. The van der Waals surface area contributed by atoms with Gasteiger partial charge in [-0.15, -0.1) is 0 Å². The number of carbonyl (C=O) groups is 2. The molecule has 6 nitrogen and oxygen atoms in total. The highest BCUT2D eigenvalue weighted by Crippen LogP contribution is 1.83. The van der Waals surface area contributed by atoms with E-state index in [0.29, 0.717) is 0 Å². The molecular weight excluding hydrogens is 164 g/mol. The smallest absolute Gasteiger partial charge is 0.325 e. The van der Waals surface area contributed by atoms with Gasteiger partial charge in [0.25, 0.3) is 5.91 Å². The van der Waals surface area contributed by atoms with E-state index >= 15 is 0 Å². The monoisotopic (exact) mass is 174 g/mol. The van der Waals surface area contributed by atoms with Crippen LogP contribution in [-0.4, -0.2) is 33.9 Å². The first-order chi connectivity index (χ1) is 5.49. The van der Waals surface area contributed by atoms with E-state index in [-0.39, 0.29) is 5.71 Å². The summed E-state index contributed by atoms with van der Waals surface area (Å²) in [6.07, 6.45) is 0. The number of amides is 1. The van der Waals surface area contributed by atoms with E-state index in [4.69, 9.17) is 10.3 Å². The van der Waals surface area contributed by atoms with Crippen LogP contribution in [0.2, 0.25) is 0 Å². The molecular formula is C6H10N2O4. The number of nitrogens with one attached hydrogen (secondary N) is 1. The number of oxime groups is 1. The van der Waals surface area contributed by atoms with Gasteiger partial charge in [0.1, 0.15) is 11.8 Å². The van der Waals surface area contributed by atoms with Crippen molar-refractivity contribution in [2.24, 2.45) is 5.16 Å². The first kappa shape index (κ1) is 10.4. The third-order valence-corrected chi connectivity index (χ3v) is 1.20. The van der Waals surface area contributed by atoms with Crippen molar-refractivity contribution >= 4 is 17.6 Å². The van der Waals surface area contributed by atoms with Crippen molar-refractivity contribution in [1.82, 2.24) is 5.32 Å². The molecule has 1 amide bonds. The summed E-state index contributed by atoms with van der Waals surface area (Å²) >= 11 is 0. The average Bonchev–Trinajstić information content (AvgIpc) is 2.02. The predicted octanol–water partition coefficient (Wildman–Crippen LogP) is -0.574. The van der Waals surface area contributed by atoms with E-state index in [9.17, 15) is 9.59 Å². The zero-order valence-corrected chi connectivity index (χ0v) is 6.74. The van der Waals surface area contributed by atoms with E-state index in [1.807, 2.05) is 0 Å². The largest absolute Gasteiger partial charge is 0.480 e. The van der Waals surface area contributed by atoms with Gasteiger partial charge in [0.15, 0.2) is 0 Å². The lowest BCUT2D eigenvalue weighted by Crippen LogP contribution is -2.41. The van der Waals surface area contributed by atoms with Crippen LogP contribution < -0.4 is 5.32 Å². The van der Waals surface area contributed by atoms with Crippen LogP contribution >= 0.6 is 0 Å². The molecule has 1 atom stereocenters. The van der Waals surface area contributed by atoms with Gasteiger partial charge in [0.05, 0.1) is 0 Å². The van der Waals surface area contributed by atoms with Crippen molar-refractivity contribution in [3.8, 4) is 0 Å². The Balaban J connectivity index is 4.11. The SMILES string of the molecule is CC(=NO)C(=O)NC(C)C(=O)O. The van der Waals surface area contributed by atoms with Crippen molar-refractivity contribution in [2.75, 3.05) is 0 Å². The van der Waals surface area contributed by atoms with Crippen LogP contribution in [0.1, 0.15) is 13.8 Å². The summed E-state index contributed by atoms with van der Waals surface area (Å²) in [7, 11) is 0. The van der Waals surface area contributed by atoms with Gasteiger partial charge in [-0.05, 0) is 13.8 Å². The molecule has 0 aliphatic heterocycles. The highest BCUT2D eigenvalue weighted by atomic mass is 16.4. The van der Waals surface area contributed by atoms with Crippen LogP contribution in [0.4, 0.5) is 0 Å². The van der Waals surface area contributed by atoms with Gasteiger partial charge < -0.3 is 15.6 Å². The van der Waals surface area contributed by atoms with Crippen LogP contribution in [0, 0.1) is 0 Å². The first-order valence-electron chi connectivity index (χ1n) is 3.21. The molecule has 68 valence electrons. The molecule has 0 aromatic carbocycles. The molecule has 0 radical (unpaired) electrons. The second-order valence-electron chi connectivity index (χ2n) is 2.22. The number of nitrogens with zero attached hydrogens (tertiary/aromatic N) is 1. The maximum absolute atomic E-state index is 10.8. The Hall–Kier alpha value is -1.59. The van der Waals surface area contributed by atoms with Gasteiger partial charge >= 0.3 is 5.97 Å². The third kappa shape index (κ3) is 3.00. The molecule has 0 bridgehead atoms. The van der Waals surface area contributed by atoms with Crippen LogP contribution in [0.25, 0.3) is 0 Å². The number of carbonyl (C=O) groups excluding carboxylic acids is 1. The Morgan fingerprint density at radius 1 is 1.50 bits per heavy atom. The summed E-state index contributed by atoms with van der Waals surface area (Å²) in [6, 6.07) is -0.991. The molecule has 0 aliphatic carbocycles. The number of rotatable bonds is 3. The molecule has 0 aliphatic rings.